The average molecular weight is 281 g/mol. The van der Waals surface area contributed by atoms with Crippen LogP contribution in [0.25, 0.3) is 17.0 Å². The van der Waals surface area contributed by atoms with E-state index in [1.807, 2.05) is 42.1 Å². The summed E-state index contributed by atoms with van der Waals surface area (Å²) in [7, 11) is 1.95. The number of rotatable bonds is 1. The minimum absolute atomic E-state index is 0.330. The maximum absolute atomic E-state index is 11.9. The summed E-state index contributed by atoms with van der Waals surface area (Å²) in [6, 6.07) is 7.92. The van der Waals surface area contributed by atoms with Gasteiger partial charge in [-0.15, -0.1) is 0 Å². The van der Waals surface area contributed by atoms with Gasteiger partial charge in [-0.2, -0.15) is 0 Å². The standard InChI is InChI=1S/C17H15NO3/c1-10(2)15-13(16(19)21-17(15)20)8-11-9-18(3)14-7-5-4-6-12(11)14/h4-9H,1-3H3/b13-8-. The first-order chi connectivity index (χ1) is 9.99. The number of hydrogen-bond acceptors (Lipinski definition) is 3. The molecule has 0 saturated carbocycles. The molecule has 1 fully saturated rings. The number of carbonyl (C=O) groups is 2. The molecule has 0 unspecified atom stereocenters. The lowest BCUT2D eigenvalue weighted by atomic mass is 10.0. The SMILES string of the molecule is CC(C)=C1C(=O)OC(=O)/C1=C\c1cn(C)c2ccccc12. The second-order valence-electron chi connectivity index (χ2n) is 5.32. The van der Waals surface area contributed by atoms with Crippen LogP contribution in [-0.2, 0) is 21.4 Å². The number of hydrogen-bond donors (Lipinski definition) is 0. The summed E-state index contributed by atoms with van der Waals surface area (Å²) in [4.78, 5) is 23.6. The molecule has 4 nitrogen and oxygen atoms in total. The summed E-state index contributed by atoms with van der Waals surface area (Å²) in [6.45, 7) is 3.60. The summed E-state index contributed by atoms with van der Waals surface area (Å²) in [5.41, 5.74) is 3.44. The van der Waals surface area contributed by atoms with Crippen LogP contribution in [0, 0.1) is 0 Å². The monoisotopic (exact) mass is 281 g/mol. The van der Waals surface area contributed by atoms with Crippen molar-refractivity contribution in [2.24, 2.45) is 7.05 Å². The van der Waals surface area contributed by atoms with Crippen LogP contribution < -0.4 is 0 Å². The van der Waals surface area contributed by atoms with Gasteiger partial charge in [-0.25, -0.2) is 9.59 Å². The van der Waals surface area contributed by atoms with Gasteiger partial charge in [-0.1, -0.05) is 23.8 Å². The van der Waals surface area contributed by atoms with Gasteiger partial charge in [0.15, 0.2) is 0 Å². The zero-order valence-electron chi connectivity index (χ0n) is 12.1. The molecule has 1 aromatic heterocycles. The smallest absolute Gasteiger partial charge is 0.346 e. The third-order valence-electron chi connectivity index (χ3n) is 3.61. The van der Waals surface area contributed by atoms with Crippen LogP contribution in [0.2, 0.25) is 0 Å². The summed E-state index contributed by atoms with van der Waals surface area (Å²) in [5.74, 6) is -1.14. The second-order valence-corrected chi connectivity index (χ2v) is 5.32. The quantitative estimate of drug-likeness (QED) is 0.458. The highest BCUT2D eigenvalue weighted by Crippen LogP contribution is 2.30. The molecule has 106 valence electrons. The number of ether oxygens (including phenoxy) is 1. The second kappa shape index (κ2) is 4.74. The number of esters is 2. The van der Waals surface area contributed by atoms with Gasteiger partial charge >= 0.3 is 11.9 Å². The van der Waals surface area contributed by atoms with Crippen molar-refractivity contribution < 1.29 is 14.3 Å². The maximum Gasteiger partial charge on any atom is 0.346 e. The first-order valence-electron chi connectivity index (χ1n) is 6.69. The van der Waals surface area contributed by atoms with Crippen LogP contribution in [0.1, 0.15) is 19.4 Å². The molecular formula is C17H15NO3. The van der Waals surface area contributed by atoms with Crippen molar-refractivity contribution in [1.82, 2.24) is 4.57 Å². The molecule has 1 aliphatic rings. The maximum atomic E-state index is 11.9. The van der Waals surface area contributed by atoms with Gasteiger partial charge in [-0.05, 0) is 26.0 Å². The number of para-hydroxylation sites is 1. The normalized spacial score (nSPS) is 16.9. The van der Waals surface area contributed by atoms with Crippen molar-refractivity contribution in [3.8, 4) is 0 Å². The number of carbonyl (C=O) groups excluding carboxylic acids is 2. The summed E-state index contributed by atoms with van der Waals surface area (Å²) in [5, 5.41) is 1.03. The number of fused-ring (bicyclic) bond motifs is 1. The lowest BCUT2D eigenvalue weighted by molar-refractivity contribution is -0.149. The molecule has 4 heteroatoms. The lowest BCUT2D eigenvalue weighted by Crippen LogP contribution is -1.97. The average Bonchev–Trinajstić information content (AvgIpc) is 2.89. The molecule has 3 rings (SSSR count). The minimum atomic E-state index is -0.580. The summed E-state index contributed by atoms with van der Waals surface area (Å²) in [6.07, 6.45) is 3.67. The molecular weight excluding hydrogens is 266 g/mol. The fourth-order valence-electron chi connectivity index (χ4n) is 2.65. The van der Waals surface area contributed by atoms with E-state index in [0.717, 1.165) is 22.0 Å². The van der Waals surface area contributed by atoms with E-state index >= 15 is 0 Å². The zero-order valence-corrected chi connectivity index (χ0v) is 12.1. The lowest BCUT2D eigenvalue weighted by Gasteiger charge is -1.97. The minimum Gasteiger partial charge on any atom is -0.386 e. The Kier molecular flexibility index (Phi) is 3.01. The van der Waals surface area contributed by atoms with Gasteiger partial charge in [0.1, 0.15) is 0 Å². The Balaban J connectivity index is 2.22. The van der Waals surface area contributed by atoms with Crippen LogP contribution in [0.4, 0.5) is 0 Å². The van der Waals surface area contributed by atoms with Crippen LogP contribution >= 0.6 is 0 Å². The number of aryl methyl sites for hydroxylation is 1. The fourth-order valence-corrected chi connectivity index (χ4v) is 2.65. The molecule has 1 aliphatic heterocycles. The molecule has 0 radical (unpaired) electrons. The van der Waals surface area contributed by atoms with Crippen molar-refractivity contribution in [2.75, 3.05) is 0 Å². The number of aromatic nitrogens is 1. The predicted octanol–water partition coefficient (Wildman–Crippen LogP) is 2.98. The molecule has 0 N–H and O–H groups in total. The first kappa shape index (κ1) is 13.4. The highest BCUT2D eigenvalue weighted by atomic mass is 16.6. The Bertz CT molecular complexity index is 833. The van der Waals surface area contributed by atoms with Crippen LogP contribution in [0.5, 0.6) is 0 Å². The van der Waals surface area contributed by atoms with Crippen LogP contribution in [-0.4, -0.2) is 16.5 Å². The molecule has 0 spiro atoms. The van der Waals surface area contributed by atoms with E-state index in [0.29, 0.717) is 11.1 Å². The Labute approximate surface area is 122 Å². The predicted molar refractivity (Wildman–Crippen MR) is 80.4 cm³/mol. The third-order valence-corrected chi connectivity index (χ3v) is 3.61. The molecule has 1 saturated heterocycles. The van der Waals surface area contributed by atoms with E-state index in [9.17, 15) is 9.59 Å². The van der Waals surface area contributed by atoms with Gasteiger partial charge in [-0.3, -0.25) is 0 Å². The fraction of sp³-hybridized carbons (Fsp3) is 0.176. The summed E-state index contributed by atoms with van der Waals surface area (Å²) < 4.78 is 6.72. The Morgan fingerprint density at radius 1 is 1.14 bits per heavy atom. The van der Waals surface area contributed by atoms with E-state index in [-0.39, 0.29) is 0 Å². The summed E-state index contributed by atoms with van der Waals surface area (Å²) >= 11 is 0. The molecule has 1 aromatic carbocycles. The Hall–Kier alpha value is -2.62. The largest absolute Gasteiger partial charge is 0.386 e. The molecule has 2 aromatic rings. The zero-order chi connectivity index (χ0) is 15.1. The molecule has 0 atom stereocenters. The van der Waals surface area contributed by atoms with Crippen LogP contribution in [0.3, 0.4) is 0 Å². The van der Waals surface area contributed by atoms with Crippen molar-refractivity contribution in [3.05, 3.63) is 52.7 Å². The van der Waals surface area contributed by atoms with Gasteiger partial charge in [0.25, 0.3) is 0 Å². The van der Waals surface area contributed by atoms with E-state index in [4.69, 9.17) is 4.74 Å². The van der Waals surface area contributed by atoms with E-state index in [1.165, 1.54) is 0 Å². The van der Waals surface area contributed by atoms with Gasteiger partial charge in [0.2, 0.25) is 0 Å². The number of benzene rings is 1. The molecule has 0 bridgehead atoms. The molecule has 0 aliphatic carbocycles. The van der Waals surface area contributed by atoms with Gasteiger partial charge in [0, 0.05) is 29.7 Å². The van der Waals surface area contributed by atoms with E-state index in [1.54, 1.807) is 19.9 Å². The third kappa shape index (κ3) is 2.09. The highest BCUT2D eigenvalue weighted by molar-refractivity contribution is 6.21. The number of allylic oxidation sites excluding steroid dienone is 1. The highest BCUT2D eigenvalue weighted by Gasteiger charge is 2.34. The van der Waals surface area contributed by atoms with E-state index < -0.39 is 11.9 Å². The molecule has 2 heterocycles. The topological polar surface area (TPSA) is 48.3 Å². The van der Waals surface area contributed by atoms with Crippen molar-refractivity contribution in [3.63, 3.8) is 0 Å². The van der Waals surface area contributed by atoms with Crippen molar-refractivity contribution in [2.45, 2.75) is 13.8 Å². The van der Waals surface area contributed by atoms with Gasteiger partial charge in [0.05, 0.1) is 11.1 Å². The first-order valence-corrected chi connectivity index (χ1v) is 6.69. The van der Waals surface area contributed by atoms with Crippen molar-refractivity contribution >= 4 is 28.9 Å². The van der Waals surface area contributed by atoms with Gasteiger partial charge < -0.3 is 9.30 Å². The van der Waals surface area contributed by atoms with Crippen molar-refractivity contribution in [1.29, 1.82) is 0 Å². The van der Waals surface area contributed by atoms with Crippen LogP contribution in [0.15, 0.2) is 47.2 Å². The molecule has 0 amide bonds. The number of nitrogens with zero attached hydrogens (tertiary/aromatic N) is 1. The molecule has 21 heavy (non-hydrogen) atoms. The van der Waals surface area contributed by atoms with E-state index in [2.05, 4.69) is 0 Å². The Morgan fingerprint density at radius 2 is 1.86 bits per heavy atom. The number of cyclic esters (lactones) is 2. The Morgan fingerprint density at radius 3 is 2.57 bits per heavy atom.